The van der Waals surface area contributed by atoms with Crippen LogP contribution >= 0.6 is 0 Å². The van der Waals surface area contributed by atoms with Gasteiger partial charge in [-0.15, -0.1) is 0 Å². The third-order valence-electron chi connectivity index (χ3n) is 4.27. The minimum Gasteiger partial charge on any atom is -0.454 e. The van der Waals surface area contributed by atoms with E-state index in [9.17, 15) is 5.11 Å². The van der Waals surface area contributed by atoms with E-state index in [1.165, 1.54) is 0 Å². The van der Waals surface area contributed by atoms with Crippen molar-refractivity contribution in [3.05, 3.63) is 23.8 Å². The Kier molecular flexibility index (Phi) is 4.68. The molecule has 2 atom stereocenters. The van der Waals surface area contributed by atoms with E-state index in [0.29, 0.717) is 19.3 Å². The summed E-state index contributed by atoms with van der Waals surface area (Å²) >= 11 is 0. The van der Waals surface area contributed by atoms with Crippen LogP contribution in [0, 0.1) is 5.92 Å². The van der Waals surface area contributed by atoms with Gasteiger partial charge in [-0.1, -0.05) is 12.5 Å². The van der Waals surface area contributed by atoms with Gasteiger partial charge in [-0.25, -0.2) is 0 Å². The molecule has 0 radical (unpaired) electrons. The molecule has 1 aliphatic heterocycles. The molecule has 22 heavy (non-hydrogen) atoms. The minimum atomic E-state index is -0.181. The number of rotatable bonds is 4. The fraction of sp³-hybridized carbons (Fsp3) is 0.562. The number of nitrogens with zero attached hydrogens (tertiary/aromatic N) is 1. The van der Waals surface area contributed by atoms with Gasteiger partial charge < -0.3 is 25.2 Å². The first-order valence-corrected chi connectivity index (χ1v) is 7.77. The number of guanidine groups is 1. The van der Waals surface area contributed by atoms with Crippen molar-refractivity contribution >= 4 is 5.96 Å². The normalized spacial score (nSPS) is 23.6. The van der Waals surface area contributed by atoms with Crippen molar-refractivity contribution in [3.8, 4) is 11.5 Å². The van der Waals surface area contributed by atoms with Crippen LogP contribution in [-0.2, 0) is 6.54 Å². The molecule has 120 valence electrons. The highest BCUT2D eigenvalue weighted by Gasteiger charge is 2.25. The third kappa shape index (κ3) is 3.44. The van der Waals surface area contributed by atoms with Crippen LogP contribution in [0.25, 0.3) is 0 Å². The van der Waals surface area contributed by atoms with Crippen molar-refractivity contribution in [2.75, 3.05) is 20.4 Å². The highest BCUT2D eigenvalue weighted by molar-refractivity contribution is 5.79. The summed E-state index contributed by atoms with van der Waals surface area (Å²) in [5, 5.41) is 16.4. The van der Waals surface area contributed by atoms with Crippen LogP contribution in [-0.4, -0.2) is 37.6 Å². The lowest BCUT2D eigenvalue weighted by atomic mass is 10.1. The fourth-order valence-electron chi connectivity index (χ4n) is 2.94. The average molecular weight is 305 g/mol. The Morgan fingerprint density at radius 1 is 1.27 bits per heavy atom. The largest absolute Gasteiger partial charge is 0.454 e. The van der Waals surface area contributed by atoms with Gasteiger partial charge in [0.05, 0.1) is 6.10 Å². The summed E-state index contributed by atoms with van der Waals surface area (Å²) in [6, 6.07) is 5.91. The van der Waals surface area contributed by atoms with E-state index in [-0.39, 0.29) is 6.10 Å². The molecular weight excluding hydrogens is 282 g/mol. The van der Waals surface area contributed by atoms with E-state index in [1.54, 1.807) is 7.05 Å². The first-order chi connectivity index (χ1) is 10.8. The highest BCUT2D eigenvalue weighted by Crippen LogP contribution is 2.32. The van der Waals surface area contributed by atoms with Crippen molar-refractivity contribution < 1.29 is 14.6 Å². The van der Waals surface area contributed by atoms with Crippen molar-refractivity contribution in [1.29, 1.82) is 0 Å². The molecule has 2 aliphatic rings. The summed E-state index contributed by atoms with van der Waals surface area (Å²) < 4.78 is 10.7. The quantitative estimate of drug-likeness (QED) is 0.576. The maximum Gasteiger partial charge on any atom is 0.231 e. The lowest BCUT2D eigenvalue weighted by Crippen LogP contribution is -2.40. The van der Waals surface area contributed by atoms with Gasteiger partial charge in [-0.2, -0.15) is 0 Å². The Morgan fingerprint density at radius 3 is 2.91 bits per heavy atom. The van der Waals surface area contributed by atoms with Crippen molar-refractivity contribution in [3.63, 3.8) is 0 Å². The summed E-state index contributed by atoms with van der Waals surface area (Å²) in [5.41, 5.74) is 1.10. The fourth-order valence-corrected chi connectivity index (χ4v) is 2.94. The molecule has 0 saturated heterocycles. The molecule has 3 rings (SSSR count). The molecule has 1 aromatic carbocycles. The second-order valence-electron chi connectivity index (χ2n) is 5.75. The number of nitrogens with one attached hydrogen (secondary N) is 2. The Bertz CT molecular complexity index is 547. The first kappa shape index (κ1) is 15.0. The molecule has 0 amide bonds. The van der Waals surface area contributed by atoms with Crippen LogP contribution in [0.4, 0.5) is 0 Å². The lowest BCUT2D eigenvalue weighted by Gasteiger charge is -2.18. The monoisotopic (exact) mass is 305 g/mol. The highest BCUT2D eigenvalue weighted by atomic mass is 16.7. The lowest BCUT2D eigenvalue weighted by molar-refractivity contribution is 0.134. The van der Waals surface area contributed by atoms with Gasteiger partial charge in [0.2, 0.25) is 6.79 Å². The smallest absolute Gasteiger partial charge is 0.231 e. The number of aliphatic hydroxyl groups excluding tert-OH is 1. The van der Waals surface area contributed by atoms with Gasteiger partial charge in [-0.3, -0.25) is 4.99 Å². The van der Waals surface area contributed by atoms with Crippen LogP contribution in [0.3, 0.4) is 0 Å². The first-order valence-electron chi connectivity index (χ1n) is 7.77. The Labute approximate surface area is 130 Å². The van der Waals surface area contributed by atoms with Crippen LogP contribution < -0.4 is 20.1 Å². The third-order valence-corrected chi connectivity index (χ3v) is 4.27. The van der Waals surface area contributed by atoms with Gasteiger partial charge in [0, 0.05) is 26.1 Å². The Hall–Kier alpha value is -1.95. The molecule has 0 aromatic heterocycles. The summed E-state index contributed by atoms with van der Waals surface area (Å²) in [7, 11) is 1.75. The molecular formula is C16H23N3O3. The molecule has 1 aliphatic carbocycles. The average Bonchev–Trinajstić information content (AvgIpc) is 3.15. The number of hydrogen-bond acceptors (Lipinski definition) is 4. The van der Waals surface area contributed by atoms with E-state index in [4.69, 9.17) is 9.47 Å². The standard InChI is InChI=1S/C16H23N3O3/c1-17-16(19-9-12-3-2-4-13(12)20)18-8-11-5-6-14-15(7-11)22-10-21-14/h5-7,12-13,20H,2-4,8-10H2,1H3,(H2,17,18,19). The van der Waals surface area contributed by atoms with E-state index in [1.807, 2.05) is 18.2 Å². The topological polar surface area (TPSA) is 75.1 Å². The zero-order chi connectivity index (χ0) is 15.4. The zero-order valence-electron chi connectivity index (χ0n) is 12.8. The van der Waals surface area contributed by atoms with Crippen molar-refractivity contribution in [2.24, 2.45) is 10.9 Å². The maximum absolute atomic E-state index is 9.85. The minimum absolute atomic E-state index is 0.181. The number of ether oxygens (including phenoxy) is 2. The molecule has 3 N–H and O–H groups in total. The molecule has 6 heteroatoms. The number of hydrogen-bond donors (Lipinski definition) is 3. The van der Waals surface area contributed by atoms with Crippen LogP contribution in [0.2, 0.25) is 0 Å². The van der Waals surface area contributed by atoms with E-state index in [0.717, 1.165) is 48.8 Å². The molecule has 1 saturated carbocycles. The predicted octanol–water partition coefficient (Wildman–Crippen LogP) is 1.24. The van der Waals surface area contributed by atoms with Crippen LogP contribution in [0.5, 0.6) is 11.5 Å². The molecule has 0 spiro atoms. The van der Waals surface area contributed by atoms with E-state index < -0.39 is 0 Å². The SMILES string of the molecule is CN=C(NCc1ccc2c(c1)OCO2)NCC1CCCC1O. The molecule has 1 aromatic rings. The Balaban J connectivity index is 1.48. The van der Waals surface area contributed by atoms with Gasteiger partial charge in [-0.05, 0) is 30.5 Å². The second-order valence-corrected chi connectivity index (χ2v) is 5.75. The number of benzene rings is 1. The van der Waals surface area contributed by atoms with Crippen molar-refractivity contribution in [2.45, 2.75) is 31.9 Å². The van der Waals surface area contributed by atoms with Crippen molar-refractivity contribution in [1.82, 2.24) is 10.6 Å². The Morgan fingerprint density at radius 2 is 2.14 bits per heavy atom. The summed E-state index contributed by atoms with van der Waals surface area (Å²) in [6.07, 6.45) is 2.92. The number of aliphatic hydroxyl groups is 1. The summed E-state index contributed by atoms with van der Waals surface area (Å²) in [4.78, 5) is 4.22. The second kappa shape index (κ2) is 6.87. The summed E-state index contributed by atoms with van der Waals surface area (Å²) in [5.74, 6) is 2.65. The van der Waals surface area contributed by atoms with E-state index >= 15 is 0 Å². The van der Waals surface area contributed by atoms with Gasteiger partial charge in [0.1, 0.15) is 0 Å². The number of fused-ring (bicyclic) bond motifs is 1. The molecule has 2 unspecified atom stereocenters. The molecule has 1 fully saturated rings. The molecule has 6 nitrogen and oxygen atoms in total. The van der Waals surface area contributed by atoms with E-state index in [2.05, 4.69) is 15.6 Å². The van der Waals surface area contributed by atoms with Gasteiger partial charge in [0.15, 0.2) is 17.5 Å². The van der Waals surface area contributed by atoms with Gasteiger partial charge >= 0.3 is 0 Å². The molecule has 1 heterocycles. The van der Waals surface area contributed by atoms with Crippen LogP contribution in [0.1, 0.15) is 24.8 Å². The van der Waals surface area contributed by atoms with Crippen LogP contribution in [0.15, 0.2) is 23.2 Å². The summed E-state index contributed by atoms with van der Waals surface area (Å²) in [6.45, 7) is 1.70. The maximum atomic E-state index is 9.85. The predicted molar refractivity (Wildman–Crippen MR) is 84.1 cm³/mol. The van der Waals surface area contributed by atoms with Gasteiger partial charge in [0.25, 0.3) is 0 Å². The zero-order valence-corrected chi connectivity index (χ0v) is 12.8. The number of aliphatic imine (C=N–C) groups is 1. The molecule has 0 bridgehead atoms.